The molecule has 2 aromatic rings. The van der Waals surface area contributed by atoms with Crippen molar-refractivity contribution in [2.45, 2.75) is 5.75 Å². The quantitative estimate of drug-likeness (QED) is 0.621. The van der Waals surface area contributed by atoms with Crippen LogP contribution in [-0.2, 0) is 12.8 Å². The molecule has 7 heteroatoms. The number of thioether (sulfide) groups is 1. The fraction of sp³-hybridized carbons (Fsp3) is 0.300. The van der Waals surface area contributed by atoms with Gasteiger partial charge in [0.1, 0.15) is 5.76 Å². The highest BCUT2D eigenvalue weighted by molar-refractivity contribution is 7.99. The van der Waals surface area contributed by atoms with Crippen molar-refractivity contribution >= 4 is 17.5 Å². The zero-order valence-corrected chi connectivity index (χ0v) is 9.95. The summed E-state index contributed by atoms with van der Waals surface area (Å²) in [4.78, 5) is 22.9. The number of nitrogens with zero attached hydrogens (tertiary/aromatic N) is 1. The first-order chi connectivity index (χ1) is 8.18. The van der Waals surface area contributed by atoms with E-state index in [1.165, 1.54) is 16.4 Å². The molecule has 0 spiro atoms. The Morgan fingerprint density at radius 2 is 2.41 bits per heavy atom. The number of aromatic nitrogens is 2. The molecule has 0 amide bonds. The monoisotopic (exact) mass is 255 g/mol. The molecule has 6 nitrogen and oxygen atoms in total. The molecule has 0 fully saturated rings. The molecule has 0 aromatic carbocycles. The van der Waals surface area contributed by atoms with Gasteiger partial charge in [0.15, 0.2) is 7.05 Å². The van der Waals surface area contributed by atoms with E-state index in [0.717, 1.165) is 5.76 Å². The average Bonchev–Trinajstić information content (AvgIpc) is 2.89. The molecule has 2 aromatic heterocycles. The summed E-state index contributed by atoms with van der Waals surface area (Å²) >= 11 is 1.38. The first-order valence-corrected chi connectivity index (χ1v) is 6.05. The number of aromatic amines is 1. The van der Waals surface area contributed by atoms with Crippen molar-refractivity contribution in [1.29, 1.82) is 0 Å². The minimum absolute atomic E-state index is 0.0249. The van der Waals surface area contributed by atoms with E-state index in [9.17, 15) is 9.59 Å². The standard InChI is InChI=1S/C10H10N2O4S/c1-12-9(10(14)16-11-12)8(13)6-17-5-7-3-2-4-15-7/h2-4H,5-6H2,1H3/p+1. The number of hydrogen-bond donors (Lipinski definition) is 1. The Morgan fingerprint density at radius 3 is 3.00 bits per heavy atom. The molecule has 0 aliphatic carbocycles. The zero-order valence-electron chi connectivity index (χ0n) is 9.13. The molecular weight excluding hydrogens is 244 g/mol. The van der Waals surface area contributed by atoms with E-state index >= 15 is 0 Å². The van der Waals surface area contributed by atoms with Crippen LogP contribution in [0.1, 0.15) is 16.2 Å². The molecule has 0 radical (unpaired) electrons. The van der Waals surface area contributed by atoms with Crippen LogP contribution in [0, 0.1) is 0 Å². The highest BCUT2D eigenvalue weighted by atomic mass is 32.2. The number of Topliss-reactive ketones (excluding diaryl/α,β-unsaturated/α-hetero) is 1. The van der Waals surface area contributed by atoms with Gasteiger partial charge in [0.25, 0.3) is 0 Å². The van der Waals surface area contributed by atoms with E-state index in [0.29, 0.717) is 5.75 Å². The van der Waals surface area contributed by atoms with Crippen LogP contribution in [0.15, 0.2) is 32.1 Å². The molecule has 90 valence electrons. The van der Waals surface area contributed by atoms with Crippen LogP contribution >= 0.6 is 11.8 Å². The largest absolute Gasteiger partial charge is 0.468 e. The Labute approximate surface area is 101 Å². The van der Waals surface area contributed by atoms with Gasteiger partial charge in [0, 0.05) is 0 Å². The molecule has 0 aliphatic rings. The van der Waals surface area contributed by atoms with Gasteiger partial charge in [-0.1, -0.05) is 4.68 Å². The van der Waals surface area contributed by atoms with E-state index in [2.05, 4.69) is 9.79 Å². The number of H-pyrrole nitrogens is 1. The second kappa shape index (κ2) is 5.05. The van der Waals surface area contributed by atoms with Crippen LogP contribution in [-0.4, -0.2) is 16.8 Å². The molecule has 1 N–H and O–H groups in total. The summed E-state index contributed by atoms with van der Waals surface area (Å²) in [6, 6.07) is 3.63. The molecule has 2 rings (SSSR count). The maximum Gasteiger partial charge on any atom is 0.438 e. The fourth-order valence-electron chi connectivity index (χ4n) is 1.35. The molecule has 0 unspecified atom stereocenters. The highest BCUT2D eigenvalue weighted by Crippen LogP contribution is 2.12. The van der Waals surface area contributed by atoms with E-state index in [1.807, 2.05) is 6.07 Å². The topological polar surface area (TPSA) is 80.1 Å². The van der Waals surface area contributed by atoms with Gasteiger partial charge in [-0.25, -0.2) is 4.79 Å². The van der Waals surface area contributed by atoms with E-state index in [4.69, 9.17) is 4.42 Å². The summed E-state index contributed by atoms with van der Waals surface area (Å²) < 4.78 is 10.9. The minimum atomic E-state index is -0.643. The Balaban J connectivity index is 1.92. The lowest BCUT2D eigenvalue weighted by atomic mass is 10.3. The van der Waals surface area contributed by atoms with E-state index < -0.39 is 5.63 Å². The number of nitrogens with one attached hydrogen (secondary N) is 1. The lowest BCUT2D eigenvalue weighted by Gasteiger charge is -1.94. The third-order valence-electron chi connectivity index (χ3n) is 2.13. The Morgan fingerprint density at radius 1 is 1.59 bits per heavy atom. The maximum atomic E-state index is 11.7. The first kappa shape index (κ1) is 11.7. The molecule has 0 saturated carbocycles. The van der Waals surface area contributed by atoms with Gasteiger partial charge in [-0.3, -0.25) is 9.32 Å². The smallest absolute Gasteiger partial charge is 0.438 e. The number of rotatable bonds is 5. The Kier molecular flexibility index (Phi) is 3.48. The lowest BCUT2D eigenvalue weighted by Crippen LogP contribution is -2.39. The SMILES string of the molecule is C[n+]1[nH]oc(=O)c1C(=O)CSCc1ccco1. The van der Waals surface area contributed by atoms with Crippen LogP contribution in [0.3, 0.4) is 0 Å². The minimum Gasteiger partial charge on any atom is -0.468 e. The second-order valence-corrected chi connectivity index (χ2v) is 4.37. The maximum absolute atomic E-state index is 11.7. The summed E-state index contributed by atoms with van der Waals surface area (Å²) in [6.45, 7) is 0. The van der Waals surface area contributed by atoms with Crippen molar-refractivity contribution in [3.05, 3.63) is 40.3 Å². The van der Waals surface area contributed by atoms with E-state index in [1.54, 1.807) is 19.4 Å². The fourth-order valence-corrected chi connectivity index (χ4v) is 2.14. The summed E-state index contributed by atoms with van der Waals surface area (Å²) in [5.41, 5.74) is -0.618. The molecular formula is C10H11N2O4S+. The molecule has 0 bridgehead atoms. The zero-order chi connectivity index (χ0) is 12.3. The molecule has 2 heterocycles. The number of furan rings is 1. The summed E-state index contributed by atoms with van der Waals surface area (Å²) in [7, 11) is 1.55. The molecule has 17 heavy (non-hydrogen) atoms. The Bertz CT molecular complexity index is 555. The predicted molar refractivity (Wildman–Crippen MR) is 59.7 cm³/mol. The average molecular weight is 255 g/mol. The number of ketones is 1. The van der Waals surface area contributed by atoms with Crippen molar-refractivity contribution in [3.8, 4) is 0 Å². The normalized spacial score (nSPS) is 10.6. The van der Waals surface area contributed by atoms with Crippen LogP contribution in [0.2, 0.25) is 0 Å². The highest BCUT2D eigenvalue weighted by Gasteiger charge is 2.25. The van der Waals surface area contributed by atoms with Crippen molar-refractivity contribution < 1.29 is 18.4 Å². The Hall–Kier alpha value is -1.76. The van der Waals surface area contributed by atoms with Gasteiger partial charge in [-0.15, -0.1) is 11.8 Å². The number of carbonyl (C=O) groups is 1. The third-order valence-corrected chi connectivity index (χ3v) is 3.08. The van der Waals surface area contributed by atoms with Crippen molar-refractivity contribution in [1.82, 2.24) is 5.27 Å². The van der Waals surface area contributed by atoms with Crippen LogP contribution in [0.4, 0.5) is 0 Å². The second-order valence-electron chi connectivity index (χ2n) is 3.38. The van der Waals surface area contributed by atoms with Crippen LogP contribution in [0.25, 0.3) is 0 Å². The molecule has 0 saturated heterocycles. The van der Waals surface area contributed by atoms with Gasteiger partial charge in [-0.2, -0.15) is 0 Å². The summed E-state index contributed by atoms with van der Waals surface area (Å²) in [5, 5.41) is 2.30. The molecule has 0 atom stereocenters. The number of carbonyl (C=O) groups excluding carboxylic acids is 1. The lowest BCUT2D eigenvalue weighted by molar-refractivity contribution is -0.741. The number of aryl methyl sites for hydroxylation is 1. The van der Waals surface area contributed by atoms with Crippen molar-refractivity contribution in [3.63, 3.8) is 0 Å². The van der Waals surface area contributed by atoms with Gasteiger partial charge in [0.2, 0.25) is 5.78 Å². The van der Waals surface area contributed by atoms with Gasteiger partial charge >= 0.3 is 11.3 Å². The van der Waals surface area contributed by atoms with Crippen molar-refractivity contribution in [2.24, 2.45) is 7.05 Å². The third kappa shape index (κ3) is 2.68. The van der Waals surface area contributed by atoms with Crippen LogP contribution < -0.4 is 10.3 Å². The number of hydrogen-bond acceptors (Lipinski definition) is 5. The summed E-state index contributed by atoms with van der Waals surface area (Å²) in [6.07, 6.45) is 1.58. The van der Waals surface area contributed by atoms with Gasteiger partial charge in [-0.05, 0) is 17.4 Å². The van der Waals surface area contributed by atoms with Crippen molar-refractivity contribution in [2.75, 3.05) is 5.75 Å². The first-order valence-electron chi connectivity index (χ1n) is 4.89. The summed E-state index contributed by atoms with van der Waals surface area (Å²) in [5.74, 6) is 1.34. The van der Waals surface area contributed by atoms with E-state index in [-0.39, 0.29) is 17.2 Å². The molecule has 0 aliphatic heterocycles. The van der Waals surface area contributed by atoms with Gasteiger partial charge in [0.05, 0.1) is 17.8 Å². The van der Waals surface area contributed by atoms with Gasteiger partial charge < -0.3 is 4.42 Å². The van der Waals surface area contributed by atoms with Crippen LogP contribution in [0.5, 0.6) is 0 Å². The predicted octanol–water partition coefficient (Wildman–Crippen LogP) is 0.501.